The van der Waals surface area contributed by atoms with Gasteiger partial charge in [-0.3, -0.25) is 0 Å². The maximum Gasteiger partial charge on any atom is 0.0303 e. The van der Waals surface area contributed by atoms with E-state index in [0.717, 1.165) is 12.2 Å². The molecule has 0 aliphatic heterocycles. The molecular formula is C17H17N3S. The molecule has 21 heavy (non-hydrogen) atoms. The van der Waals surface area contributed by atoms with Crippen LogP contribution in [-0.2, 0) is 5.75 Å². The fourth-order valence-corrected chi connectivity index (χ4v) is 2.88. The number of rotatable bonds is 7. The lowest BCUT2D eigenvalue weighted by Crippen LogP contribution is -1.86. The molecule has 106 valence electrons. The molecule has 2 aromatic rings. The number of thioether (sulfide) groups is 1. The summed E-state index contributed by atoms with van der Waals surface area (Å²) < 4.78 is 0. The van der Waals surface area contributed by atoms with Gasteiger partial charge in [-0.05, 0) is 34.1 Å². The van der Waals surface area contributed by atoms with Crippen molar-refractivity contribution in [3.05, 3.63) is 87.1 Å². The van der Waals surface area contributed by atoms with E-state index < -0.39 is 0 Å². The second kappa shape index (κ2) is 8.90. The van der Waals surface area contributed by atoms with E-state index in [2.05, 4.69) is 52.5 Å². The number of hydrogen-bond acceptors (Lipinski definition) is 2. The van der Waals surface area contributed by atoms with Gasteiger partial charge in [-0.1, -0.05) is 65.8 Å². The van der Waals surface area contributed by atoms with E-state index in [-0.39, 0.29) is 0 Å². The molecule has 3 nitrogen and oxygen atoms in total. The van der Waals surface area contributed by atoms with Crippen LogP contribution in [0.5, 0.6) is 0 Å². The Morgan fingerprint density at radius 3 is 2.38 bits per heavy atom. The molecule has 0 aromatic heterocycles. The molecule has 0 aliphatic rings. The number of azide groups is 1. The normalized spacial score (nSPS) is 11.0. The Bertz CT molecular complexity index is 617. The molecule has 0 N–H and O–H groups in total. The number of benzene rings is 2. The molecule has 0 heterocycles. The first-order valence-electron chi connectivity index (χ1n) is 6.81. The Balaban J connectivity index is 2.04. The highest BCUT2D eigenvalue weighted by Crippen LogP contribution is 2.26. The zero-order valence-corrected chi connectivity index (χ0v) is 12.5. The predicted molar refractivity (Wildman–Crippen MR) is 90.8 cm³/mol. The third-order valence-corrected chi connectivity index (χ3v) is 4.09. The third-order valence-electron chi connectivity index (χ3n) is 2.92. The topological polar surface area (TPSA) is 48.8 Å². The molecular weight excluding hydrogens is 278 g/mol. The van der Waals surface area contributed by atoms with Crippen molar-refractivity contribution in [3.8, 4) is 0 Å². The van der Waals surface area contributed by atoms with Crippen molar-refractivity contribution in [2.45, 2.75) is 12.2 Å². The molecule has 0 unspecified atom stereocenters. The molecule has 0 bridgehead atoms. The summed E-state index contributed by atoms with van der Waals surface area (Å²) in [4.78, 5) is 4.06. The summed E-state index contributed by atoms with van der Waals surface area (Å²) in [5.74, 6) is 0.926. The lowest BCUT2D eigenvalue weighted by atomic mass is 10.2. The zero-order chi connectivity index (χ0) is 14.8. The van der Waals surface area contributed by atoms with Crippen LogP contribution in [0.3, 0.4) is 0 Å². The average Bonchev–Trinajstić information content (AvgIpc) is 2.54. The number of hydrogen-bond donors (Lipinski definition) is 0. The van der Waals surface area contributed by atoms with Gasteiger partial charge in [0.15, 0.2) is 0 Å². The van der Waals surface area contributed by atoms with Crippen LogP contribution in [-0.4, -0.2) is 6.54 Å². The van der Waals surface area contributed by atoms with Crippen LogP contribution >= 0.6 is 11.8 Å². The molecule has 0 fully saturated rings. The van der Waals surface area contributed by atoms with Gasteiger partial charge in [-0.2, -0.15) is 0 Å². The largest absolute Gasteiger partial charge is 0.126 e. The Morgan fingerprint density at radius 2 is 1.71 bits per heavy atom. The second-order valence-electron chi connectivity index (χ2n) is 4.50. The molecule has 2 rings (SSSR count). The average molecular weight is 295 g/mol. The van der Waals surface area contributed by atoms with Crippen molar-refractivity contribution in [2.75, 3.05) is 6.54 Å². The van der Waals surface area contributed by atoms with Gasteiger partial charge in [0.1, 0.15) is 0 Å². The Hall–Kier alpha value is -2.16. The smallest absolute Gasteiger partial charge is 0.0303 e. The first-order chi connectivity index (χ1) is 10.4. The lowest BCUT2D eigenvalue weighted by Gasteiger charge is -2.06. The van der Waals surface area contributed by atoms with Crippen molar-refractivity contribution in [2.24, 2.45) is 5.11 Å². The fourth-order valence-electron chi connectivity index (χ4n) is 1.88. The Kier molecular flexibility index (Phi) is 6.46. The summed E-state index contributed by atoms with van der Waals surface area (Å²) in [6.07, 6.45) is 2.94. The van der Waals surface area contributed by atoms with Crippen LogP contribution in [0.15, 0.2) is 70.7 Å². The quantitative estimate of drug-likeness (QED) is 0.369. The van der Waals surface area contributed by atoms with Crippen molar-refractivity contribution >= 4 is 17.8 Å². The highest BCUT2D eigenvalue weighted by Gasteiger charge is 2.00. The third kappa shape index (κ3) is 5.78. The van der Waals surface area contributed by atoms with E-state index in [4.69, 9.17) is 5.53 Å². The van der Waals surface area contributed by atoms with Crippen molar-refractivity contribution < 1.29 is 0 Å². The molecule has 0 radical (unpaired) electrons. The van der Waals surface area contributed by atoms with Crippen molar-refractivity contribution in [1.82, 2.24) is 0 Å². The van der Waals surface area contributed by atoms with Crippen LogP contribution in [0.4, 0.5) is 0 Å². The minimum absolute atomic E-state index is 0.497. The van der Waals surface area contributed by atoms with E-state index in [1.54, 1.807) is 11.8 Å². The lowest BCUT2D eigenvalue weighted by molar-refractivity contribution is 0.985. The van der Waals surface area contributed by atoms with Gasteiger partial charge in [0.05, 0.1) is 0 Å². The Labute approximate surface area is 129 Å². The highest BCUT2D eigenvalue weighted by atomic mass is 32.2. The highest BCUT2D eigenvalue weighted by molar-refractivity contribution is 8.02. The maximum absolute atomic E-state index is 8.41. The van der Waals surface area contributed by atoms with Crippen LogP contribution < -0.4 is 0 Å². The molecule has 0 aliphatic carbocycles. The van der Waals surface area contributed by atoms with Crippen LogP contribution in [0.2, 0.25) is 0 Å². The van der Waals surface area contributed by atoms with Crippen molar-refractivity contribution in [1.29, 1.82) is 0 Å². The first kappa shape index (κ1) is 15.2. The van der Waals surface area contributed by atoms with Crippen LogP contribution in [0.1, 0.15) is 17.5 Å². The summed E-state index contributed by atoms with van der Waals surface area (Å²) >= 11 is 1.80. The van der Waals surface area contributed by atoms with Gasteiger partial charge in [-0.25, -0.2) is 0 Å². The summed E-state index contributed by atoms with van der Waals surface area (Å²) in [6, 6.07) is 20.6. The number of nitrogens with zero attached hydrogens (tertiary/aromatic N) is 3. The van der Waals surface area contributed by atoms with E-state index >= 15 is 0 Å². The second-order valence-corrected chi connectivity index (χ2v) is 5.60. The molecule has 2 aromatic carbocycles. The van der Waals surface area contributed by atoms with Gasteiger partial charge in [0, 0.05) is 17.2 Å². The minimum atomic E-state index is 0.497. The summed E-state index contributed by atoms with van der Waals surface area (Å²) in [5.41, 5.74) is 10.9. The van der Waals surface area contributed by atoms with Crippen LogP contribution in [0, 0.1) is 0 Å². The molecule has 4 heteroatoms. The van der Waals surface area contributed by atoms with Crippen LogP contribution in [0.25, 0.3) is 16.5 Å². The summed E-state index contributed by atoms with van der Waals surface area (Å²) in [6.45, 7) is 0.497. The van der Waals surface area contributed by atoms with Gasteiger partial charge < -0.3 is 0 Å². The van der Waals surface area contributed by atoms with Crippen molar-refractivity contribution in [3.63, 3.8) is 0 Å². The van der Waals surface area contributed by atoms with E-state index in [0.29, 0.717) is 6.54 Å². The molecule has 0 atom stereocenters. The van der Waals surface area contributed by atoms with Gasteiger partial charge in [0.25, 0.3) is 0 Å². The maximum atomic E-state index is 8.41. The molecule has 0 spiro atoms. The molecule has 0 amide bonds. The summed E-state index contributed by atoms with van der Waals surface area (Å²) in [5, 5.41) is 3.63. The molecule has 0 saturated heterocycles. The van der Waals surface area contributed by atoms with Gasteiger partial charge in [0.2, 0.25) is 0 Å². The molecule has 0 saturated carbocycles. The zero-order valence-electron chi connectivity index (χ0n) is 11.7. The predicted octanol–water partition coefficient (Wildman–Crippen LogP) is 5.66. The van der Waals surface area contributed by atoms with Gasteiger partial charge >= 0.3 is 0 Å². The van der Waals surface area contributed by atoms with E-state index in [9.17, 15) is 0 Å². The SMILES string of the molecule is [N-]=[N+]=NCC/C(=C\c1ccccc1)SCc1ccccc1. The first-order valence-corrected chi connectivity index (χ1v) is 7.80. The standard InChI is InChI=1S/C17H17N3S/c18-20-19-12-11-17(13-15-7-3-1-4-8-15)21-14-16-9-5-2-6-10-16/h1-10,13H,11-12,14H2/b17-13+. The van der Waals surface area contributed by atoms with E-state index in [1.165, 1.54) is 16.0 Å². The monoisotopic (exact) mass is 295 g/mol. The Morgan fingerprint density at radius 1 is 1.05 bits per heavy atom. The van der Waals surface area contributed by atoms with E-state index in [1.807, 2.05) is 24.3 Å². The van der Waals surface area contributed by atoms with Gasteiger partial charge in [-0.15, -0.1) is 11.8 Å². The fraction of sp³-hybridized carbons (Fsp3) is 0.176. The minimum Gasteiger partial charge on any atom is -0.126 e. The summed E-state index contributed by atoms with van der Waals surface area (Å²) in [7, 11) is 0.